The molecule has 1 N–H and O–H groups in total. The first kappa shape index (κ1) is 20.0. The van der Waals surface area contributed by atoms with E-state index in [-0.39, 0.29) is 11.3 Å². The number of carbonyl (C=O) groups excluding carboxylic acids is 1. The molecule has 1 aromatic heterocycles. The minimum Gasteiger partial charge on any atom is -0.368 e. The maximum atomic E-state index is 12.9. The van der Waals surface area contributed by atoms with Gasteiger partial charge in [-0.05, 0) is 73.8 Å². The van der Waals surface area contributed by atoms with Gasteiger partial charge in [-0.1, -0.05) is 18.2 Å². The number of piperazine rings is 1. The fourth-order valence-corrected chi connectivity index (χ4v) is 7.40. The summed E-state index contributed by atoms with van der Waals surface area (Å²) in [5.74, 6) is 3.51. The van der Waals surface area contributed by atoms with Crippen LogP contribution in [0.4, 0.5) is 17.3 Å². The lowest BCUT2D eigenvalue weighted by molar-refractivity contribution is -0.124. The lowest BCUT2D eigenvalue weighted by Crippen LogP contribution is -2.47. The van der Waals surface area contributed by atoms with Gasteiger partial charge in [-0.25, -0.2) is 9.97 Å². The molecule has 5 fully saturated rings. The second-order valence-electron chi connectivity index (χ2n) is 10.7. The minimum absolute atomic E-state index is 0.139. The molecule has 0 spiro atoms. The zero-order chi connectivity index (χ0) is 21.5. The summed E-state index contributed by atoms with van der Waals surface area (Å²) in [7, 11) is 0. The van der Waals surface area contributed by atoms with E-state index in [0.29, 0.717) is 12.1 Å². The van der Waals surface area contributed by atoms with Crippen molar-refractivity contribution in [2.75, 3.05) is 41.3 Å². The van der Waals surface area contributed by atoms with Gasteiger partial charge in [0.05, 0.1) is 18.1 Å². The summed E-state index contributed by atoms with van der Waals surface area (Å²) >= 11 is 0. The highest BCUT2D eigenvalue weighted by molar-refractivity contribution is 5.90. The number of amides is 1. The third kappa shape index (κ3) is 3.96. The number of hydrogen-bond donors (Lipinski definition) is 1. The highest BCUT2D eigenvalue weighted by Crippen LogP contribution is 2.61. The largest absolute Gasteiger partial charge is 0.368 e. The van der Waals surface area contributed by atoms with Crippen LogP contribution in [0.1, 0.15) is 44.9 Å². The fourth-order valence-electron chi connectivity index (χ4n) is 7.40. The summed E-state index contributed by atoms with van der Waals surface area (Å²) in [5, 5.41) is 3.08. The number of para-hydroxylation sites is 1. The molecule has 4 aliphatic carbocycles. The maximum absolute atomic E-state index is 12.9. The number of nitrogens with zero attached hydrogens (tertiary/aromatic N) is 4. The van der Waals surface area contributed by atoms with Crippen molar-refractivity contribution < 1.29 is 4.79 Å². The van der Waals surface area contributed by atoms with Gasteiger partial charge in [0, 0.05) is 38.3 Å². The molecule has 4 bridgehead atoms. The molecule has 0 atom stereocenters. The second-order valence-corrected chi connectivity index (χ2v) is 10.7. The maximum Gasteiger partial charge on any atom is 0.225 e. The van der Waals surface area contributed by atoms with Crippen LogP contribution in [0.5, 0.6) is 0 Å². The summed E-state index contributed by atoms with van der Waals surface area (Å²) in [6.45, 7) is 3.70. The zero-order valence-electron chi connectivity index (χ0n) is 18.7. The Labute approximate surface area is 190 Å². The first-order chi connectivity index (χ1) is 15.6. The van der Waals surface area contributed by atoms with Gasteiger partial charge in [-0.15, -0.1) is 0 Å². The van der Waals surface area contributed by atoms with Crippen LogP contribution in [0.3, 0.4) is 0 Å². The smallest absolute Gasteiger partial charge is 0.225 e. The summed E-state index contributed by atoms with van der Waals surface area (Å²) < 4.78 is 0. The second kappa shape index (κ2) is 8.05. The van der Waals surface area contributed by atoms with Crippen LogP contribution in [0, 0.1) is 23.2 Å². The van der Waals surface area contributed by atoms with E-state index in [2.05, 4.69) is 55.4 Å². The van der Waals surface area contributed by atoms with E-state index in [1.807, 2.05) is 0 Å². The van der Waals surface area contributed by atoms with Gasteiger partial charge >= 0.3 is 0 Å². The number of anilines is 3. The molecule has 0 unspecified atom stereocenters. The molecule has 2 heterocycles. The predicted octanol–water partition coefficient (Wildman–Crippen LogP) is 4.35. The molecule has 32 heavy (non-hydrogen) atoms. The van der Waals surface area contributed by atoms with Crippen molar-refractivity contribution in [1.29, 1.82) is 0 Å². The van der Waals surface area contributed by atoms with E-state index < -0.39 is 0 Å². The predicted molar refractivity (Wildman–Crippen MR) is 127 cm³/mol. The molecule has 1 saturated heterocycles. The van der Waals surface area contributed by atoms with Gasteiger partial charge in [0.1, 0.15) is 0 Å². The van der Waals surface area contributed by atoms with Crippen molar-refractivity contribution in [3.8, 4) is 0 Å². The molecule has 1 amide bonds. The minimum atomic E-state index is 0.139. The SMILES string of the molecule is O=C(CC12CC3CC(CC(C3)C1)C2)Nc1cnc(N2CCN(c3ccccc3)CC2)nc1. The van der Waals surface area contributed by atoms with Crippen molar-refractivity contribution in [2.45, 2.75) is 44.9 Å². The Balaban J connectivity index is 1.03. The van der Waals surface area contributed by atoms with Gasteiger partial charge < -0.3 is 15.1 Å². The Morgan fingerprint density at radius 1 is 0.875 bits per heavy atom. The highest BCUT2D eigenvalue weighted by atomic mass is 16.1. The van der Waals surface area contributed by atoms with Crippen molar-refractivity contribution in [3.05, 3.63) is 42.7 Å². The summed E-state index contributed by atoms with van der Waals surface area (Å²) in [6.07, 6.45) is 12.2. The molecule has 7 rings (SSSR count). The molecule has 1 aliphatic heterocycles. The van der Waals surface area contributed by atoms with Crippen LogP contribution in [-0.2, 0) is 4.79 Å². The number of carbonyl (C=O) groups is 1. The molecular formula is C26H33N5O. The van der Waals surface area contributed by atoms with Gasteiger partial charge in [-0.3, -0.25) is 4.79 Å². The summed E-state index contributed by atoms with van der Waals surface area (Å²) in [4.78, 5) is 26.6. The van der Waals surface area contributed by atoms with Crippen molar-refractivity contribution >= 4 is 23.2 Å². The van der Waals surface area contributed by atoms with Crippen molar-refractivity contribution in [1.82, 2.24) is 9.97 Å². The standard InChI is InChI=1S/C26H33N5O/c32-24(16-26-13-19-10-20(14-26)12-21(11-19)15-26)29-22-17-27-25(28-18-22)31-8-6-30(7-9-31)23-4-2-1-3-5-23/h1-5,17-21H,6-16H2,(H,29,32). The molecule has 168 valence electrons. The number of hydrogen-bond acceptors (Lipinski definition) is 5. The van der Waals surface area contributed by atoms with Crippen LogP contribution < -0.4 is 15.1 Å². The van der Waals surface area contributed by atoms with Crippen LogP contribution in [0.2, 0.25) is 0 Å². The average Bonchev–Trinajstić information content (AvgIpc) is 2.79. The third-order valence-corrected chi connectivity index (χ3v) is 8.31. The Morgan fingerprint density at radius 2 is 1.44 bits per heavy atom. The molecule has 2 aromatic rings. The molecule has 6 nitrogen and oxygen atoms in total. The summed E-state index contributed by atoms with van der Waals surface area (Å²) in [5.41, 5.74) is 2.24. The zero-order valence-corrected chi connectivity index (χ0v) is 18.7. The third-order valence-electron chi connectivity index (χ3n) is 8.31. The van der Waals surface area contributed by atoms with Gasteiger partial charge in [0.2, 0.25) is 11.9 Å². The van der Waals surface area contributed by atoms with Crippen LogP contribution in [0.25, 0.3) is 0 Å². The number of benzene rings is 1. The Bertz CT molecular complexity index is 917. The van der Waals surface area contributed by atoms with Gasteiger partial charge in [-0.2, -0.15) is 0 Å². The molecular weight excluding hydrogens is 398 g/mol. The van der Waals surface area contributed by atoms with E-state index >= 15 is 0 Å². The number of aromatic nitrogens is 2. The highest BCUT2D eigenvalue weighted by Gasteiger charge is 2.51. The van der Waals surface area contributed by atoms with Crippen LogP contribution in [0.15, 0.2) is 42.7 Å². The first-order valence-corrected chi connectivity index (χ1v) is 12.3. The van der Waals surface area contributed by atoms with Crippen molar-refractivity contribution in [3.63, 3.8) is 0 Å². The Kier molecular flexibility index (Phi) is 5.04. The molecule has 1 aromatic carbocycles. The van der Waals surface area contributed by atoms with Gasteiger partial charge in [0.15, 0.2) is 0 Å². The van der Waals surface area contributed by atoms with Crippen molar-refractivity contribution in [2.24, 2.45) is 23.2 Å². The average molecular weight is 432 g/mol. The normalized spacial score (nSPS) is 31.1. The molecule has 4 saturated carbocycles. The quantitative estimate of drug-likeness (QED) is 0.763. The monoisotopic (exact) mass is 431 g/mol. The number of nitrogens with one attached hydrogen (secondary N) is 1. The van der Waals surface area contributed by atoms with Gasteiger partial charge in [0.25, 0.3) is 0 Å². The fraction of sp³-hybridized carbons (Fsp3) is 0.577. The lowest BCUT2D eigenvalue weighted by atomic mass is 9.49. The van der Waals surface area contributed by atoms with E-state index in [0.717, 1.165) is 49.9 Å². The first-order valence-electron chi connectivity index (χ1n) is 12.3. The van der Waals surface area contributed by atoms with E-state index in [9.17, 15) is 4.79 Å². The molecule has 6 heteroatoms. The number of rotatable bonds is 5. The van der Waals surface area contributed by atoms with Crippen LogP contribution in [-0.4, -0.2) is 42.1 Å². The van der Waals surface area contributed by atoms with E-state index in [1.165, 1.54) is 44.2 Å². The lowest BCUT2D eigenvalue weighted by Gasteiger charge is -2.56. The Hall–Kier alpha value is -2.63. The van der Waals surface area contributed by atoms with Crippen LogP contribution >= 0.6 is 0 Å². The van der Waals surface area contributed by atoms with E-state index in [1.54, 1.807) is 12.4 Å². The Morgan fingerprint density at radius 3 is 2.03 bits per heavy atom. The summed E-state index contributed by atoms with van der Waals surface area (Å²) in [6, 6.07) is 10.5. The molecule has 5 aliphatic rings. The van der Waals surface area contributed by atoms with E-state index in [4.69, 9.17) is 0 Å². The molecule has 0 radical (unpaired) electrons. The topological polar surface area (TPSA) is 61.4 Å².